The van der Waals surface area contributed by atoms with Crippen LogP contribution in [0.2, 0.25) is 0 Å². The summed E-state index contributed by atoms with van der Waals surface area (Å²) in [7, 11) is 0. The quantitative estimate of drug-likeness (QED) is 0.727. The molecule has 82 valence electrons. The smallest absolute Gasteiger partial charge is 0.186 e. The first-order chi connectivity index (χ1) is 7.28. The van der Waals surface area contributed by atoms with Crippen molar-refractivity contribution in [3.05, 3.63) is 24.0 Å². The van der Waals surface area contributed by atoms with Crippen molar-refractivity contribution in [1.82, 2.24) is 4.98 Å². The zero-order valence-electron chi connectivity index (χ0n) is 8.66. The van der Waals surface area contributed by atoms with Gasteiger partial charge in [0.15, 0.2) is 5.78 Å². The number of rotatable bonds is 3. The van der Waals surface area contributed by atoms with E-state index in [0.717, 1.165) is 12.8 Å². The molecule has 0 spiro atoms. The van der Waals surface area contributed by atoms with Crippen molar-refractivity contribution in [2.75, 3.05) is 19.8 Å². The molecule has 1 fully saturated rings. The molecular formula is C11H16N2O2. The van der Waals surface area contributed by atoms with Gasteiger partial charge in [-0.3, -0.25) is 4.79 Å². The van der Waals surface area contributed by atoms with E-state index in [1.807, 2.05) is 6.07 Å². The van der Waals surface area contributed by atoms with E-state index in [4.69, 9.17) is 10.5 Å². The third kappa shape index (κ3) is 1.82. The molecule has 4 heteroatoms. The van der Waals surface area contributed by atoms with Gasteiger partial charge in [0.05, 0.1) is 11.1 Å². The molecule has 0 atom stereocenters. The Bertz CT molecular complexity index is 326. The highest BCUT2D eigenvalue weighted by atomic mass is 16.5. The molecule has 15 heavy (non-hydrogen) atoms. The lowest BCUT2D eigenvalue weighted by Gasteiger charge is -2.34. The first kappa shape index (κ1) is 10.4. The van der Waals surface area contributed by atoms with E-state index in [0.29, 0.717) is 25.5 Å². The van der Waals surface area contributed by atoms with Gasteiger partial charge in [0.1, 0.15) is 0 Å². The van der Waals surface area contributed by atoms with Crippen LogP contribution in [0.4, 0.5) is 0 Å². The molecule has 2 rings (SSSR count). The van der Waals surface area contributed by atoms with Crippen LogP contribution in [0.25, 0.3) is 0 Å². The van der Waals surface area contributed by atoms with Crippen LogP contribution in [0.1, 0.15) is 23.3 Å². The Hall–Kier alpha value is -1.13. The Morgan fingerprint density at radius 1 is 1.53 bits per heavy atom. The van der Waals surface area contributed by atoms with E-state index in [-0.39, 0.29) is 5.78 Å². The lowest BCUT2D eigenvalue weighted by Crippen LogP contribution is -2.43. The monoisotopic (exact) mass is 208 g/mol. The molecular weight excluding hydrogens is 192 g/mol. The maximum absolute atomic E-state index is 12.2. The molecule has 1 aromatic heterocycles. The molecule has 0 bridgehead atoms. The van der Waals surface area contributed by atoms with Gasteiger partial charge in [-0.2, -0.15) is 0 Å². The fourth-order valence-electron chi connectivity index (χ4n) is 2.04. The average Bonchev–Trinajstić information content (AvgIpc) is 2.82. The number of H-pyrrole nitrogens is 1. The molecule has 0 aromatic carbocycles. The summed E-state index contributed by atoms with van der Waals surface area (Å²) in [5.74, 6) is 0.123. The minimum Gasteiger partial charge on any atom is -0.381 e. The van der Waals surface area contributed by atoms with Crippen LogP contribution in [0.3, 0.4) is 0 Å². The SMILES string of the molecule is NCC1(C(=O)c2ccc[nH]2)CCOCC1. The number of hydrogen-bond donors (Lipinski definition) is 2. The number of nitrogens with one attached hydrogen (secondary N) is 1. The Morgan fingerprint density at radius 3 is 2.80 bits per heavy atom. The summed E-state index contributed by atoms with van der Waals surface area (Å²) < 4.78 is 5.28. The van der Waals surface area contributed by atoms with Crippen LogP contribution in [-0.2, 0) is 4.74 Å². The fourth-order valence-corrected chi connectivity index (χ4v) is 2.04. The van der Waals surface area contributed by atoms with E-state index in [1.165, 1.54) is 0 Å². The molecule has 2 heterocycles. The normalized spacial score (nSPS) is 20.1. The van der Waals surface area contributed by atoms with Crippen molar-refractivity contribution < 1.29 is 9.53 Å². The summed E-state index contributed by atoms with van der Waals surface area (Å²) in [5.41, 5.74) is 6.00. The van der Waals surface area contributed by atoms with Crippen LogP contribution in [0.5, 0.6) is 0 Å². The third-order valence-corrected chi connectivity index (χ3v) is 3.16. The summed E-state index contributed by atoms with van der Waals surface area (Å²) in [5, 5.41) is 0. The number of hydrogen-bond acceptors (Lipinski definition) is 3. The molecule has 0 amide bonds. The molecule has 1 saturated heterocycles. The largest absolute Gasteiger partial charge is 0.381 e. The third-order valence-electron chi connectivity index (χ3n) is 3.16. The van der Waals surface area contributed by atoms with E-state index >= 15 is 0 Å². The van der Waals surface area contributed by atoms with Gasteiger partial charge in [-0.05, 0) is 25.0 Å². The number of carbonyl (C=O) groups excluding carboxylic acids is 1. The zero-order valence-corrected chi connectivity index (χ0v) is 8.66. The van der Waals surface area contributed by atoms with E-state index in [2.05, 4.69) is 4.98 Å². The Morgan fingerprint density at radius 2 is 2.27 bits per heavy atom. The summed E-state index contributed by atoms with van der Waals surface area (Å²) in [4.78, 5) is 15.2. The molecule has 0 unspecified atom stereocenters. The van der Waals surface area contributed by atoms with Gasteiger partial charge in [-0.15, -0.1) is 0 Å². The second-order valence-corrected chi connectivity index (χ2v) is 4.01. The summed E-state index contributed by atoms with van der Waals surface area (Å²) in [6.45, 7) is 1.65. The number of carbonyl (C=O) groups is 1. The highest BCUT2D eigenvalue weighted by Gasteiger charge is 2.39. The van der Waals surface area contributed by atoms with Crippen molar-refractivity contribution in [2.24, 2.45) is 11.1 Å². The molecule has 0 aliphatic carbocycles. The molecule has 0 saturated carbocycles. The van der Waals surface area contributed by atoms with Crippen molar-refractivity contribution in [3.8, 4) is 0 Å². The summed E-state index contributed by atoms with van der Waals surface area (Å²) >= 11 is 0. The maximum Gasteiger partial charge on any atom is 0.186 e. The molecule has 3 N–H and O–H groups in total. The van der Waals surface area contributed by atoms with Gasteiger partial charge in [-0.25, -0.2) is 0 Å². The number of Topliss-reactive ketones (excluding diaryl/α,β-unsaturated/α-hetero) is 1. The minimum atomic E-state index is -0.414. The lowest BCUT2D eigenvalue weighted by molar-refractivity contribution is 0.0197. The number of nitrogens with two attached hydrogens (primary N) is 1. The van der Waals surface area contributed by atoms with Gasteiger partial charge in [0.25, 0.3) is 0 Å². The predicted molar refractivity (Wildman–Crippen MR) is 56.7 cm³/mol. The highest BCUT2D eigenvalue weighted by Crippen LogP contribution is 2.32. The molecule has 0 radical (unpaired) electrons. The standard InChI is InChI=1S/C11H16N2O2/c12-8-11(3-6-15-7-4-11)10(14)9-2-1-5-13-9/h1-2,5,13H,3-4,6-8,12H2. The Labute approximate surface area is 88.8 Å². The van der Waals surface area contributed by atoms with Gasteiger partial charge in [0, 0.05) is 26.0 Å². The first-order valence-corrected chi connectivity index (χ1v) is 5.24. The minimum absolute atomic E-state index is 0.123. The van der Waals surface area contributed by atoms with Crippen molar-refractivity contribution in [3.63, 3.8) is 0 Å². The van der Waals surface area contributed by atoms with Crippen LogP contribution in [-0.4, -0.2) is 30.5 Å². The molecule has 1 aliphatic heterocycles. The predicted octanol–water partition coefficient (Wildman–Crippen LogP) is 0.953. The Balaban J connectivity index is 2.22. The van der Waals surface area contributed by atoms with E-state index in [9.17, 15) is 4.79 Å². The summed E-state index contributed by atoms with van der Waals surface area (Å²) in [6, 6.07) is 3.63. The van der Waals surface area contributed by atoms with Gasteiger partial charge in [-0.1, -0.05) is 0 Å². The number of aromatic nitrogens is 1. The maximum atomic E-state index is 12.2. The first-order valence-electron chi connectivity index (χ1n) is 5.24. The van der Waals surface area contributed by atoms with Crippen molar-refractivity contribution in [1.29, 1.82) is 0 Å². The van der Waals surface area contributed by atoms with Crippen LogP contribution < -0.4 is 5.73 Å². The van der Waals surface area contributed by atoms with Gasteiger partial charge in [0.2, 0.25) is 0 Å². The highest BCUT2D eigenvalue weighted by molar-refractivity contribution is 5.99. The summed E-state index contributed by atoms with van der Waals surface area (Å²) in [6.07, 6.45) is 3.21. The van der Waals surface area contributed by atoms with Crippen LogP contribution in [0.15, 0.2) is 18.3 Å². The van der Waals surface area contributed by atoms with Crippen LogP contribution >= 0.6 is 0 Å². The molecule has 1 aliphatic rings. The van der Waals surface area contributed by atoms with E-state index < -0.39 is 5.41 Å². The number of aromatic amines is 1. The molecule has 4 nitrogen and oxygen atoms in total. The zero-order chi connectivity index (χ0) is 10.7. The van der Waals surface area contributed by atoms with Gasteiger partial charge < -0.3 is 15.5 Å². The number of ketones is 1. The topological polar surface area (TPSA) is 68.1 Å². The second kappa shape index (κ2) is 4.16. The fraction of sp³-hybridized carbons (Fsp3) is 0.545. The van der Waals surface area contributed by atoms with Gasteiger partial charge >= 0.3 is 0 Å². The lowest BCUT2D eigenvalue weighted by atomic mass is 9.75. The molecule has 1 aromatic rings. The Kier molecular flexibility index (Phi) is 2.88. The van der Waals surface area contributed by atoms with Crippen LogP contribution in [0, 0.1) is 5.41 Å². The number of ether oxygens (including phenoxy) is 1. The van der Waals surface area contributed by atoms with E-state index in [1.54, 1.807) is 12.3 Å². The van der Waals surface area contributed by atoms with Crippen molar-refractivity contribution in [2.45, 2.75) is 12.8 Å². The average molecular weight is 208 g/mol. The van der Waals surface area contributed by atoms with Crippen molar-refractivity contribution >= 4 is 5.78 Å². The second-order valence-electron chi connectivity index (χ2n) is 4.01.